The number of para-hydroxylation sites is 1. The summed E-state index contributed by atoms with van der Waals surface area (Å²) in [5.74, 6) is -0.358. The minimum Gasteiger partial charge on any atom is -0.346 e. The number of rotatable bonds is 7. The Morgan fingerprint density at radius 1 is 1.19 bits per heavy atom. The number of benzene rings is 1. The Kier molecular flexibility index (Phi) is 7.22. The fourth-order valence-corrected chi connectivity index (χ4v) is 4.11. The lowest BCUT2D eigenvalue weighted by Crippen LogP contribution is -2.34. The van der Waals surface area contributed by atoms with Crippen molar-refractivity contribution in [1.29, 1.82) is 0 Å². The van der Waals surface area contributed by atoms with Crippen molar-refractivity contribution < 1.29 is 9.59 Å². The van der Waals surface area contributed by atoms with Crippen LogP contribution >= 0.6 is 27.7 Å². The Morgan fingerprint density at radius 3 is 2.74 bits per heavy atom. The zero-order chi connectivity index (χ0) is 19.1. The fourth-order valence-electron chi connectivity index (χ4n) is 2.95. The number of hydrogen-bond acceptors (Lipinski definition) is 6. The highest BCUT2D eigenvalue weighted by Gasteiger charge is 2.20. The van der Waals surface area contributed by atoms with Gasteiger partial charge in [-0.1, -0.05) is 43.2 Å². The summed E-state index contributed by atoms with van der Waals surface area (Å²) in [7, 11) is 0. The van der Waals surface area contributed by atoms with Crippen LogP contribution in [0, 0.1) is 0 Å². The second kappa shape index (κ2) is 9.84. The van der Waals surface area contributed by atoms with Crippen molar-refractivity contribution in [2.24, 2.45) is 0 Å². The molecule has 1 saturated carbocycles. The fraction of sp³-hybridized carbons (Fsp3) is 0.471. The normalized spacial score (nSPS) is 14.7. The number of amides is 2. The molecule has 8 nitrogen and oxygen atoms in total. The molecule has 2 amide bonds. The van der Waals surface area contributed by atoms with Crippen molar-refractivity contribution in [1.82, 2.24) is 25.5 Å². The largest absolute Gasteiger partial charge is 0.346 e. The van der Waals surface area contributed by atoms with E-state index in [4.69, 9.17) is 0 Å². The van der Waals surface area contributed by atoms with Crippen LogP contribution in [-0.2, 0) is 9.59 Å². The van der Waals surface area contributed by atoms with Gasteiger partial charge in [0.25, 0.3) is 0 Å². The van der Waals surface area contributed by atoms with Gasteiger partial charge in [0.15, 0.2) is 0 Å². The predicted octanol–water partition coefficient (Wildman–Crippen LogP) is 2.79. The smallest absolute Gasteiger partial charge is 0.243 e. The lowest BCUT2D eigenvalue weighted by atomic mass is 9.96. The first kappa shape index (κ1) is 19.8. The third-order valence-electron chi connectivity index (χ3n) is 4.31. The molecule has 0 spiro atoms. The van der Waals surface area contributed by atoms with E-state index in [0.717, 1.165) is 17.3 Å². The maximum Gasteiger partial charge on any atom is 0.243 e. The zero-order valence-corrected chi connectivity index (χ0v) is 17.1. The molecule has 10 heteroatoms. The number of carbonyl (C=O) groups excluding carboxylic acids is 2. The first-order valence-corrected chi connectivity index (χ1v) is 10.6. The summed E-state index contributed by atoms with van der Waals surface area (Å²) < 4.78 is 2.62. The van der Waals surface area contributed by atoms with E-state index in [-0.39, 0.29) is 24.1 Å². The number of thioether (sulfide) groups is 1. The molecular weight excluding hydrogens is 432 g/mol. The molecule has 27 heavy (non-hydrogen) atoms. The van der Waals surface area contributed by atoms with Crippen molar-refractivity contribution in [3.05, 3.63) is 28.7 Å². The van der Waals surface area contributed by atoms with E-state index >= 15 is 0 Å². The average molecular weight is 453 g/mol. The molecule has 2 N–H and O–H groups in total. The van der Waals surface area contributed by atoms with Gasteiger partial charge >= 0.3 is 0 Å². The minimum atomic E-state index is -0.285. The Morgan fingerprint density at radius 2 is 1.96 bits per heavy atom. The van der Waals surface area contributed by atoms with Gasteiger partial charge in [-0.05, 0) is 51.3 Å². The molecule has 1 fully saturated rings. The number of aromatic nitrogens is 4. The van der Waals surface area contributed by atoms with Gasteiger partial charge in [-0.25, -0.2) is 4.68 Å². The molecule has 2 aromatic rings. The highest BCUT2D eigenvalue weighted by molar-refractivity contribution is 9.10. The van der Waals surface area contributed by atoms with Crippen LogP contribution in [0.25, 0.3) is 0 Å². The quantitative estimate of drug-likeness (QED) is 0.626. The van der Waals surface area contributed by atoms with Crippen LogP contribution in [0.1, 0.15) is 38.1 Å². The third-order valence-corrected chi connectivity index (χ3v) is 5.93. The Labute approximate surface area is 170 Å². The molecule has 1 heterocycles. The topological polar surface area (TPSA) is 102 Å². The molecule has 0 atom stereocenters. The van der Waals surface area contributed by atoms with Gasteiger partial charge in [0, 0.05) is 4.47 Å². The van der Waals surface area contributed by atoms with Crippen LogP contribution in [0.15, 0.2) is 33.9 Å². The summed E-state index contributed by atoms with van der Waals surface area (Å²) in [5, 5.41) is 17.9. The number of hydrogen-bond donors (Lipinski definition) is 2. The number of nitrogens with one attached hydrogen (secondary N) is 2. The van der Waals surface area contributed by atoms with Crippen LogP contribution < -0.4 is 10.6 Å². The van der Waals surface area contributed by atoms with Crippen molar-refractivity contribution in [2.45, 2.75) is 43.3 Å². The summed E-state index contributed by atoms with van der Waals surface area (Å²) in [6.45, 7) is -0.0890. The molecule has 1 aromatic carbocycles. The van der Waals surface area contributed by atoms with Crippen LogP contribution in [-0.4, -0.2) is 44.3 Å². The van der Waals surface area contributed by atoms with E-state index in [1.165, 1.54) is 31.0 Å². The lowest BCUT2D eigenvalue weighted by molar-refractivity contribution is -0.122. The number of tetrazole rings is 1. The third kappa shape index (κ3) is 5.77. The average Bonchev–Trinajstić information content (AvgIpc) is 3.16. The van der Waals surface area contributed by atoms with Crippen LogP contribution in [0.4, 0.5) is 5.69 Å². The minimum absolute atomic E-state index is 0.0890. The van der Waals surface area contributed by atoms with Gasteiger partial charge in [0.05, 0.1) is 24.0 Å². The molecule has 144 valence electrons. The second-order valence-corrected chi connectivity index (χ2v) is 8.09. The van der Waals surface area contributed by atoms with Gasteiger partial charge in [-0.15, -0.1) is 5.10 Å². The molecule has 3 rings (SSSR count). The predicted molar refractivity (Wildman–Crippen MR) is 106 cm³/mol. The summed E-state index contributed by atoms with van der Waals surface area (Å²) in [5.41, 5.74) is 0.665. The summed E-state index contributed by atoms with van der Waals surface area (Å²) in [4.78, 5) is 24.0. The van der Waals surface area contributed by atoms with E-state index in [9.17, 15) is 9.59 Å². The van der Waals surface area contributed by atoms with Crippen molar-refractivity contribution in [3.63, 3.8) is 0 Å². The molecule has 1 aliphatic rings. The number of halogens is 1. The van der Waals surface area contributed by atoms with Gasteiger partial charge in [0.1, 0.15) is 0 Å². The van der Waals surface area contributed by atoms with Gasteiger partial charge in [-0.3, -0.25) is 9.59 Å². The van der Waals surface area contributed by atoms with E-state index in [1.807, 2.05) is 22.9 Å². The number of anilines is 1. The van der Waals surface area contributed by atoms with Gasteiger partial charge < -0.3 is 10.6 Å². The van der Waals surface area contributed by atoms with Crippen LogP contribution in [0.3, 0.4) is 0 Å². The molecule has 0 saturated heterocycles. The van der Waals surface area contributed by atoms with E-state index in [1.54, 1.807) is 6.07 Å². The molecule has 1 aromatic heterocycles. The van der Waals surface area contributed by atoms with Crippen LogP contribution in [0.2, 0.25) is 0 Å². The molecule has 0 unspecified atom stereocenters. The zero-order valence-electron chi connectivity index (χ0n) is 14.7. The molecule has 0 aliphatic heterocycles. The highest BCUT2D eigenvalue weighted by Crippen LogP contribution is 2.30. The number of carbonyl (C=O) groups is 2. The van der Waals surface area contributed by atoms with Crippen molar-refractivity contribution in [3.8, 4) is 0 Å². The summed E-state index contributed by atoms with van der Waals surface area (Å²) in [6.07, 6.45) is 5.76. The van der Waals surface area contributed by atoms with E-state index in [0.29, 0.717) is 16.9 Å². The first-order valence-electron chi connectivity index (χ1n) is 8.85. The molecule has 0 radical (unpaired) electrons. The van der Waals surface area contributed by atoms with E-state index in [2.05, 4.69) is 42.1 Å². The monoisotopic (exact) mass is 452 g/mol. The lowest BCUT2D eigenvalue weighted by Gasteiger charge is -2.21. The Balaban J connectivity index is 1.43. The second-order valence-electron chi connectivity index (χ2n) is 6.29. The SMILES string of the molecule is O=C(CSc1nnnn1C1CCCCC1)NCC(=O)Nc1ccccc1Br. The standard InChI is InChI=1S/C17H21BrN6O2S/c18-13-8-4-5-9-14(13)20-15(25)10-19-16(26)11-27-17-21-22-23-24(17)12-6-2-1-3-7-12/h4-5,8-9,12H,1-3,6-7,10-11H2,(H,19,26)(H,20,25). The molecule has 1 aliphatic carbocycles. The highest BCUT2D eigenvalue weighted by atomic mass is 79.9. The van der Waals surface area contributed by atoms with Crippen molar-refractivity contribution >= 4 is 45.2 Å². The molecule has 0 bridgehead atoms. The maximum absolute atomic E-state index is 12.1. The molecular formula is C17H21BrN6O2S. The number of nitrogens with zero attached hydrogens (tertiary/aromatic N) is 4. The van der Waals surface area contributed by atoms with Crippen molar-refractivity contribution in [2.75, 3.05) is 17.6 Å². The first-order chi connectivity index (χ1) is 13.1. The maximum atomic E-state index is 12.1. The van der Waals surface area contributed by atoms with Gasteiger partial charge in [-0.2, -0.15) is 0 Å². The van der Waals surface area contributed by atoms with Crippen LogP contribution in [0.5, 0.6) is 0 Å². The summed E-state index contributed by atoms with van der Waals surface area (Å²) in [6, 6.07) is 7.62. The Bertz CT molecular complexity index is 793. The van der Waals surface area contributed by atoms with E-state index < -0.39 is 0 Å². The Hall–Kier alpha value is -1.94. The summed E-state index contributed by atoms with van der Waals surface area (Å²) >= 11 is 4.65. The van der Waals surface area contributed by atoms with Gasteiger partial charge in [0.2, 0.25) is 17.0 Å².